The third kappa shape index (κ3) is 5.67. The molecule has 2 aromatic carbocycles. The standard InChI is InChI=1S/C36H38F3N5O4/c1-5-25-27(38)9-8-22-14-24(48-20-46-4)15-26(29(22)25)31-30(39)32-28(21(2)40-31)33(43-12-6-10-35(3,45)18-43)42-34(41-32)47-19-36-11-7-13-44(36)17-23(37)16-36/h1,8-9,14-15,23,45H,6-7,10-13,16-20H2,2-4H3/t23-,35-,36+/m1/s1. The molecule has 12 heteroatoms. The molecule has 3 aliphatic rings. The van der Waals surface area contributed by atoms with E-state index in [-0.39, 0.29) is 48.3 Å². The summed E-state index contributed by atoms with van der Waals surface area (Å²) in [6.07, 6.45) is 8.20. The second-order valence-corrected chi connectivity index (χ2v) is 13.5. The van der Waals surface area contributed by atoms with Crippen molar-refractivity contribution in [3.63, 3.8) is 0 Å². The average Bonchev–Trinajstić information content (AvgIpc) is 3.59. The van der Waals surface area contributed by atoms with E-state index >= 15 is 8.78 Å². The zero-order valence-corrected chi connectivity index (χ0v) is 27.3. The molecule has 252 valence electrons. The number of nitrogens with zero attached hydrogens (tertiary/aromatic N) is 5. The highest BCUT2D eigenvalue weighted by Crippen LogP contribution is 2.43. The van der Waals surface area contributed by atoms with E-state index in [2.05, 4.69) is 15.8 Å². The maximum atomic E-state index is 17.1. The van der Waals surface area contributed by atoms with Crippen molar-refractivity contribution in [1.29, 1.82) is 0 Å². The summed E-state index contributed by atoms with van der Waals surface area (Å²) < 4.78 is 63.7. The summed E-state index contributed by atoms with van der Waals surface area (Å²) in [5.41, 5.74) is -1.01. The van der Waals surface area contributed by atoms with Crippen molar-refractivity contribution in [2.45, 2.75) is 63.3 Å². The van der Waals surface area contributed by atoms with E-state index in [0.29, 0.717) is 65.8 Å². The molecule has 0 bridgehead atoms. The van der Waals surface area contributed by atoms with Gasteiger partial charge in [-0.15, -0.1) is 6.42 Å². The van der Waals surface area contributed by atoms with Gasteiger partial charge in [0.15, 0.2) is 12.6 Å². The Morgan fingerprint density at radius 2 is 1.90 bits per heavy atom. The summed E-state index contributed by atoms with van der Waals surface area (Å²) in [4.78, 5) is 18.1. The number of benzene rings is 2. The Bertz CT molecular complexity index is 1950. The number of aliphatic hydroxyl groups is 1. The van der Waals surface area contributed by atoms with Gasteiger partial charge >= 0.3 is 6.01 Å². The predicted octanol–water partition coefficient (Wildman–Crippen LogP) is 5.70. The number of fused-ring (bicyclic) bond motifs is 3. The fourth-order valence-electron chi connectivity index (χ4n) is 7.78. The van der Waals surface area contributed by atoms with E-state index in [4.69, 9.17) is 30.6 Å². The van der Waals surface area contributed by atoms with Gasteiger partial charge in [-0.2, -0.15) is 9.97 Å². The monoisotopic (exact) mass is 661 g/mol. The van der Waals surface area contributed by atoms with Crippen LogP contribution in [0, 0.1) is 30.9 Å². The van der Waals surface area contributed by atoms with Gasteiger partial charge < -0.3 is 24.2 Å². The molecule has 0 unspecified atom stereocenters. The summed E-state index contributed by atoms with van der Waals surface area (Å²) in [6, 6.07) is 5.98. The number of hydrogen-bond donors (Lipinski definition) is 1. The normalized spacial score (nSPS) is 24.3. The molecule has 3 saturated heterocycles. The lowest BCUT2D eigenvalue weighted by molar-refractivity contribution is 0.0447. The minimum atomic E-state index is -0.989. The summed E-state index contributed by atoms with van der Waals surface area (Å²) in [7, 11) is 1.48. The molecule has 48 heavy (non-hydrogen) atoms. The maximum absolute atomic E-state index is 17.1. The highest BCUT2D eigenvalue weighted by atomic mass is 19.1. The number of pyridine rings is 1. The minimum absolute atomic E-state index is 0.0363. The van der Waals surface area contributed by atoms with Crippen LogP contribution in [0.25, 0.3) is 32.9 Å². The molecule has 9 nitrogen and oxygen atoms in total. The van der Waals surface area contributed by atoms with E-state index in [0.717, 1.165) is 19.4 Å². The zero-order chi connectivity index (χ0) is 33.8. The molecule has 7 rings (SSSR count). The van der Waals surface area contributed by atoms with Crippen molar-refractivity contribution < 1.29 is 32.5 Å². The highest BCUT2D eigenvalue weighted by Gasteiger charge is 2.49. The molecule has 0 radical (unpaired) electrons. The molecule has 1 N–H and O–H groups in total. The quantitative estimate of drug-likeness (QED) is 0.189. The first-order chi connectivity index (χ1) is 23.0. The maximum Gasteiger partial charge on any atom is 0.319 e. The minimum Gasteiger partial charge on any atom is -0.468 e. The number of halogens is 3. The van der Waals surface area contributed by atoms with E-state index in [9.17, 15) is 9.50 Å². The number of piperidine rings is 1. The number of terminal acetylenes is 1. The first kappa shape index (κ1) is 32.4. The third-order valence-corrected chi connectivity index (χ3v) is 9.92. The molecule has 3 atom stereocenters. The third-order valence-electron chi connectivity index (χ3n) is 9.92. The number of rotatable bonds is 8. The summed E-state index contributed by atoms with van der Waals surface area (Å²) in [6.45, 7) is 5.56. The Morgan fingerprint density at radius 1 is 1.08 bits per heavy atom. The van der Waals surface area contributed by atoms with Crippen molar-refractivity contribution in [2.75, 3.05) is 51.6 Å². The van der Waals surface area contributed by atoms with E-state index in [1.807, 2.05) is 4.90 Å². The van der Waals surface area contributed by atoms with Crippen LogP contribution >= 0.6 is 0 Å². The van der Waals surface area contributed by atoms with Gasteiger partial charge in [-0.05, 0) is 69.7 Å². The molecule has 3 fully saturated rings. The van der Waals surface area contributed by atoms with Crippen LogP contribution in [0.3, 0.4) is 0 Å². The molecule has 0 saturated carbocycles. The summed E-state index contributed by atoms with van der Waals surface area (Å²) >= 11 is 0. The molecule has 0 spiro atoms. The Kier molecular flexibility index (Phi) is 8.34. The van der Waals surface area contributed by atoms with Crippen molar-refractivity contribution in [3.05, 3.63) is 47.2 Å². The Hall–Kier alpha value is -4.18. The lowest BCUT2D eigenvalue weighted by atomic mass is 9.94. The van der Waals surface area contributed by atoms with E-state index < -0.39 is 28.9 Å². The Labute approximate surface area is 277 Å². The van der Waals surface area contributed by atoms with Crippen LogP contribution in [0.4, 0.5) is 19.0 Å². The molecule has 3 aliphatic heterocycles. The molecular formula is C36H38F3N5O4. The number of methoxy groups -OCH3 is 1. The topological polar surface area (TPSA) is 93.1 Å². The lowest BCUT2D eigenvalue weighted by Crippen LogP contribution is -2.46. The van der Waals surface area contributed by atoms with Gasteiger partial charge in [-0.3, -0.25) is 4.90 Å². The molecule has 4 aromatic rings. The first-order valence-corrected chi connectivity index (χ1v) is 16.2. The lowest BCUT2D eigenvalue weighted by Gasteiger charge is -2.38. The average molecular weight is 662 g/mol. The van der Waals surface area contributed by atoms with Crippen LogP contribution in [-0.2, 0) is 4.74 Å². The second kappa shape index (κ2) is 12.4. The first-order valence-electron chi connectivity index (χ1n) is 16.2. The van der Waals surface area contributed by atoms with Crippen LogP contribution < -0.4 is 14.4 Å². The van der Waals surface area contributed by atoms with Crippen LogP contribution in [0.15, 0.2) is 24.3 Å². The summed E-state index contributed by atoms with van der Waals surface area (Å²) in [5, 5.41) is 12.2. The van der Waals surface area contributed by atoms with Gasteiger partial charge in [0.05, 0.1) is 27.8 Å². The SMILES string of the molecule is C#Cc1c(F)ccc2cc(OCOC)cc(-c3nc(C)c4c(N5CCC[C@@](C)(O)C5)nc(OC[C@@]56CCCN5C[C@H](F)C6)nc4c3F)c12. The van der Waals surface area contributed by atoms with Crippen molar-refractivity contribution >= 4 is 27.5 Å². The molecular weight excluding hydrogens is 623 g/mol. The van der Waals surface area contributed by atoms with Gasteiger partial charge in [0, 0.05) is 44.1 Å². The number of aryl methyl sites for hydroxylation is 1. The van der Waals surface area contributed by atoms with E-state index in [1.54, 1.807) is 32.0 Å². The molecule has 0 aliphatic carbocycles. The number of ether oxygens (including phenoxy) is 3. The largest absolute Gasteiger partial charge is 0.468 e. The van der Waals surface area contributed by atoms with Crippen molar-refractivity contribution in [3.8, 4) is 35.4 Å². The predicted molar refractivity (Wildman–Crippen MR) is 176 cm³/mol. The number of hydrogen-bond acceptors (Lipinski definition) is 9. The molecule has 5 heterocycles. The Balaban J connectivity index is 1.42. The van der Waals surface area contributed by atoms with Crippen LogP contribution in [-0.4, -0.2) is 89.0 Å². The number of anilines is 1. The zero-order valence-electron chi connectivity index (χ0n) is 27.3. The van der Waals surface area contributed by atoms with Gasteiger partial charge in [0.1, 0.15) is 41.4 Å². The number of alkyl halides is 1. The smallest absolute Gasteiger partial charge is 0.319 e. The van der Waals surface area contributed by atoms with Gasteiger partial charge in [0.2, 0.25) is 0 Å². The summed E-state index contributed by atoms with van der Waals surface area (Å²) in [5.74, 6) is 1.74. The fraction of sp³-hybridized carbons (Fsp3) is 0.472. The number of aromatic nitrogens is 3. The number of β-amino-alcohol motifs (C(OH)–C–C–N with tert-alkyl or cyclic N) is 1. The highest BCUT2D eigenvalue weighted by molar-refractivity contribution is 6.03. The fourth-order valence-corrected chi connectivity index (χ4v) is 7.78. The molecule has 0 amide bonds. The van der Waals surface area contributed by atoms with Crippen molar-refractivity contribution in [2.24, 2.45) is 0 Å². The van der Waals surface area contributed by atoms with Crippen LogP contribution in [0.5, 0.6) is 11.8 Å². The van der Waals surface area contributed by atoms with Gasteiger partial charge in [-0.25, -0.2) is 18.2 Å². The van der Waals surface area contributed by atoms with E-state index in [1.165, 1.54) is 13.2 Å². The Morgan fingerprint density at radius 3 is 2.67 bits per heavy atom. The van der Waals surface area contributed by atoms with Gasteiger partial charge in [-0.1, -0.05) is 12.0 Å². The second-order valence-electron chi connectivity index (χ2n) is 13.5. The van der Waals surface area contributed by atoms with Crippen molar-refractivity contribution in [1.82, 2.24) is 19.9 Å². The van der Waals surface area contributed by atoms with Crippen LogP contribution in [0.1, 0.15) is 50.3 Å². The van der Waals surface area contributed by atoms with Gasteiger partial charge in [0.25, 0.3) is 0 Å². The molecule has 2 aromatic heterocycles. The van der Waals surface area contributed by atoms with Crippen LogP contribution in [0.2, 0.25) is 0 Å².